The lowest BCUT2D eigenvalue weighted by molar-refractivity contribution is -0.142. The second kappa shape index (κ2) is 7.99. The Balaban J connectivity index is 1.70. The molecule has 2 saturated heterocycles. The van der Waals surface area contributed by atoms with Gasteiger partial charge < -0.3 is 4.74 Å². The van der Waals surface area contributed by atoms with Crippen LogP contribution in [-0.2, 0) is 17.1 Å². The first-order valence-corrected chi connectivity index (χ1v) is 10.7. The highest BCUT2D eigenvalue weighted by atomic mass is 19.4. The average molecular weight is 466 g/mol. The van der Waals surface area contributed by atoms with Gasteiger partial charge in [0.25, 0.3) is 0 Å². The lowest BCUT2D eigenvalue weighted by Crippen LogP contribution is -2.37. The third kappa shape index (κ3) is 3.97. The van der Waals surface area contributed by atoms with Crippen LogP contribution >= 0.6 is 0 Å². The van der Waals surface area contributed by atoms with E-state index in [2.05, 4.69) is 9.88 Å². The maximum atomic E-state index is 13.7. The molecular weight excluding hydrogens is 446 g/mol. The van der Waals surface area contributed by atoms with Gasteiger partial charge in [-0.3, -0.25) is 4.90 Å². The van der Waals surface area contributed by atoms with Gasteiger partial charge in [-0.05, 0) is 36.1 Å². The number of para-hydroxylation sites is 1. The van der Waals surface area contributed by atoms with E-state index in [-0.39, 0.29) is 17.0 Å². The predicted molar refractivity (Wildman–Crippen MR) is 109 cm³/mol. The second-order valence-corrected chi connectivity index (χ2v) is 8.41. The molecule has 5 rings (SSSR count). The molecule has 0 aliphatic carbocycles. The molecule has 0 N–H and O–H groups in total. The fourth-order valence-corrected chi connectivity index (χ4v) is 4.96. The van der Waals surface area contributed by atoms with Gasteiger partial charge in [0.05, 0.1) is 11.1 Å². The number of halogens is 6. The Hall–Kier alpha value is -2.65. The summed E-state index contributed by atoms with van der Waals surface area (Å²) in [5.41, 5.74) is -2.30. The molecule has 1 aromatic heterocycles. The first kappa shape index (κ1) is 22.2. The normalized spacial score (nSPS) is 24.2. The Morgan fingerprint density at radius 3 is 2.33 bits per heavy atom. The van der Waals surface area contributed by atoms with Crippen LogP contribution in [0.25, 0.3) is 10.9 Å². The number of hydrogen-bond acceptors (Lipinski definition) is 3. The molecule has 9 heteroatoms. The minimum atomic E-state index is -4.90. The van der Waals surface area contributed by atoms with Crippen LogP contribution in [0.2, 0.25) is 0 Å². The van der Waals surface area contributed by atoms with E-state index < -0.39 is 41.5 Å². The number of ether oxygens (including phenoxy) is 1. The van der Waals surface area contributed by atoms with Crippen LogP contribution in [0.3, 0.4) is 0 Å². The number of benzene rings is 2. The molecule has 0 spiro atoms. The highest BCUT2D eigenvalue weighted by molar-refractivity contribution is 5.86. The van der Waals surface area contributed by atoms with Crippen LogP contribution in [0.5, 0.6) is 0 Å². The van der Waals surface area contributed by atoms with Crippen LogP contribution in [0.4, 0.5) is 26.3 Å². The summed E-state index contributed by atoms with van der Waals surface area (Å²) in [6, 6.07) is 13.3. The molecule has 0 amide bonds. The third-order valence-electron chi connectivity index (χ3n) is 6.38. The molecule has 2 aromatic carbocycles. The van der Waals surface area contributed by atoms with E-state index in [0.717, 1.165) is 30.5 Å². The van der Waals surface area contributed by atoms with Gasteiger partial charge in [-0.15, -0.1) is 0 Å². The largest absolute Gasteiger partial charge is 0.433 e. The number of aromatic nitrogens is 1. The Labute approximate surface area is 186 Å². The quantitative estimate of drug-likeness (QED) is 0.384. The van der Waals surface area contributed by atoms with Gasteiger partial charge in [0.1, 0.15) is 18.0 Å². The maximum Gasteiger partial charge on any atom is 0.433 e. The topological polar surface area (TPSA) is 25.4 Å². The summed E-state index contributed by atoms with van der Waals surface area (Å²) in [5.74, 6) is 0. The number of rotatable bonds is 2. The lowest BCUT2D eigenvalue weighted by Gasteiger charge is -2.33. The van der Waals surface area contributed by atoms with Gasteiger partial charge in [0, 0.05) is 18.0 Å². The summed E-state index contributed by atoms with van der Waals surface area (Å²) >= 11 is 0. The van der Waals surface area contributed by atoms with Crippen LogP contribution < -0.4 is 0 Å². The Morgan fingerprint density at radius 2 is 1.64 bits per heavy atom. The van der Waals surface area contributed by atoms with Crippen molar-refractivity contribution >= 4 is 10.9 Å². The van der Waals surface area contributed by atoms with Gasteiger partial charge >= 0.3 is 12.4 Å². The molecule has 174 valence electrons. The monoisotopic (exact) mass is 466 g/mol. The SMILES string of the molecule is FC(F)(F)c1cc([C@@H]2OC(c3ccccc3)N3CCCC[C@H]23)c2cccc(C(F)(F)F)c2n1. The summed E-state index contributed by atoms with van der Waals surface area (Å²) in [4.78, 5) is 5.52. The van der Waals surface area contributed by atoms with Crippen molar-refractivity contribution < 1.29 is 31.1 Å². The van der Waals surface area contributed by atoms with Crippen LogP contribution in [0.15, 0.2) is 54.6 Å². The van der Waals surface area contributed by atoms with E-state index in [0.29, 0.717) is 13.0 Å². The first-order valence-electron chi connectivity index (χ1n) is 10.7. The van der Waals surface area contributed by atoms with E-state index in [1.54, 1.807) is 0 Å². The summed E-state index contributed by atoms with van der Waals surface area (Å²) in [7, 11) is 0. The van der Waals surface area contributed by atoms with Crippen molar-refractivity contribution in [2.45, 2.75) is 50.0 Å². The number of nitrogens with zero attached hydrogens (tertiary/aromatic N) is 2. The van der Waals surface area contributed by atoms with E-state index in [1.807, 2.05) is 30.3 Å². The number of pyridine rings is 1. The van der Waals surface area contributed by atoms with Crippen molar-refractivity contribution in [3.8, 4) is 0 Å². The fraction of sp³-hybridized carbons (Fsp3) is 0.375. The molecule has 3 aromatic rings. The molecule has 3 nitrogen and oxygen atoms in total. The lowest BCUT2D eigenvalue weighted by atomic mass is 9.91. The standard InChI is InChI=1S/C24H20F6N2O/c25-23(26,27)17-10-6-9-15-16(13-19(24(28,29)30)31-20(15)17)21-18-11-4-5-12-32(18)22(33-21)14-7-2-1-3-8-14/h1-3,6-10,13,18,21-22H,4-5,11-12H2/t18-,21+,22?/m1/s1. The van der Waals surface area contributed by atoms with Gasteiger partial charge in [0.2, 0.25) is 0 Å². The van der Waals surface area contributed by atoms with Gasteiger partial charge in [-0.2, -0.15) is 26.3 Å². The molecule has 2 aliphatic rings. The molecule has 0 radical (unpaired) electrons. The molecule has 2 aliphatic heterocycles. The summed E-state index contributed by atoms with van der Waals surface area (Å²) in [5, 5.41) is 0.0297. The number of piperidine rings is 1. The molecule has 0 bridgehead atoms. The first-order chi connectivity index (χ1) is 15.6. The molecule has 0 saturated carbocycles. The van der Waals surface area contributed by atoms with Gasteiger partial charge in [-0.25, -0.2) is 4.98 Å². The van der Waals surface area contributed by atoms with Crippen molar-refractivity contribution in [2.75, 3.05) is 6.54 Å². The highest BCUT2D eigenvalue weighted by Gasteiger charge is 2.46. The number of alkyl halides is 6. The highest BCUT2D eigenvalue weighted by Crippen LogP contribution is 2.49. The summed E-state index contributed by atoms with van der Waals surface area (Å²) < 4.78 is 88.3. The van der Waals surface area contributed by atoms with Gasteiger partial charge in [-0.1, -0.05) is 48.9 Å². The summed E-state index contributed by atoms with van der Waals surface area (Å²) in [6.07, 6.45) is -8.57. The predicted octanol–water partition coefficient (Wildman–Crippen LogP) is 6.90. The Bertz CT molecular complexity index is 1160. The number of fused-ring (bicyclic) bond motifs is 2. The third-order valence-corrected chi connectivity index (χ3v) is 6.38. The van der Waals surface area contributed by atoms with E-state index in [1.165, 1.54) is 12.1 Å². The smallest absolute Gasteiger partial charge is 0.349 e. The molecule has 1 unspecified atom stereocenters. The average Bonchev–Trinajstić information content (AvgIpc) is 3.17. The molecule has 3 atom stereocenters. The van der Waals surface area contributed by atoms with Crippen LogP contribution in [0.1, 0.15) is 54.0 Å². The van der Waals surface area contributed by atoms with Crippen molar-refractivity contribution in [2.24, 2.45) is 0 Å². The zero-order valence-corrected chi connectivity index (χ0v) is 17.3. The summed E-state index contributed by atoms with van der Waals surface area (Å²) in [6.45, 7) is 0.698. The van der Waals surface area contributed by atoms with E-state index >= 15 is 0 Å². The number of hydrogen-bond donors (Lipinski definition) is 0. The van der Waals surface area contributed by atoms with Crippen molar-refractivity contribution in [3.05, 3.63) is 77.0 Å². The van der Waals surface area contributed by atoms with Crippen molar-refractivity contribution in [3.63, 3.8) is 0 Å². The minimum absolute atomic E-state index is 0.0297. The zero-order valence-electron chi connectivity index (χ0n) is 17.3. The van der Waals surface area contributed by atoms with E-state index in [4.69, 9.17) is 4.74 Å². The Kier molecular flexibility index (Phi) is 5.36. The van der Waals surface area contributed by atoms with Crippen LogP contribution in [0, 0.1) is 0 Å². The molecule has 3 heterocycles. The molecular formula is C24H20F6N2O. The fourth-order valence-electron chi connectivity index (χ4n) is 4.96. The maximum absolute atomic E-state index is 13.7. The minimum Gasteiger partial charge on any atom is -0.349 e. The molecule has 2 fully saturated rings. The Morgan fingerprint density at radius 1 is 0.879 bits per heavy atom. The zero-order chi connectivity index (χ0) is 23.4. The van der Waals surface area contributed by atoms with Crippen molar-refractivity contribution in [1.29, 1.82) is 0 Å². The van der Waals surface area contributed by atoms with Gasteiger partial charge in [0.15, 0.2) is 0 Å². The van der Waals surface area contributed by atoms with E-state index in [9.17, 15) is 26.3 Å². The van der Waals surface area contributed by atoms with Crippen molar-refractivity contribution in [1.82, 2.24) is 9.88 Å². The molecule has 33 heavy (non-hydrogen) atoms. The second-order valence-electron chi connectivity index (χ2n) is 8.41. The van der Waals surface area contributed by atoms with Crippen LogP contribution in [-0.4, -0.2) is 22.5 Å².